The Hall–Kier alpha value is -4.24. The van der Waals surface area contributed by atoms with Crippen LogP contribution in [0.4, 0.5) is 5.69 Å². The number of phenols is 1. The average Bonchev–Trinajstić information content (AvgIpc) is 3.71. The van der Waals surface area contributed by atoms with Crippen LogP contribution in [0.5, 0.6) is 23.0 Å². The maximum absolute atomic E-state index is 13.0. The van der Waals surface area contributed by atoms with Crippen molar-refractivity contribution in [3.8, 4) is 35.0 Å². The lowest BCUT2D eigenvalue weighted by Gasteiger charge is -2.34. The number of rotatable bonds is 14. The number of fused-ring (bicyclic) bond motifs is 3. The first-order valence-electron chi connectivity index (χ1n) is 17.6. The van der Waals surface area contributed by atoms with E-state index < -0.39 is 11.9 Å². The topological polar surface area (TPSA) is 157 Å². The minimum atomic E-state index is -0.855. The molecule has 6 N–H and O–H groups in total. The number of carbonyl (C=O) groups excluding carboxylic acids is 1. The van der Waals surface area contributed by atoms with E-state index >= 15 is 0 Å². The van der Waals surface area contributed by atoms with Gasteiger partial charge in [-0.05, 0) is 104 Å². The Balaban J connectivity index is 1.45. The Morgan fingerprint density at radius 3 is 2.74 bits per heavy atom. The number of likely N-dealkylation sites (N-methyl/N-ethyl adjacent to an activating group) is 1. The first-order chi connectivity index (χ1) is 24.1. The number of aromatic hydroxyl groups is 1. The monoisotopic (exact) mass is 688 g/mol. The summed E-state index contributed by atoms with van der Waals surface area (Å²) < 4.78 is 23.7. The molecule has 0 amide bonds. The van der Waals surface area contributed by atoms with Crippen molar-refractivity contribution in [1.82, 2.24) is 5.32 Å². The van der Waals surface area contributed by atoms with Crippen LogP contribution < -0.4 is 30.6 Å². The lowest BCUT2D eigenvalue weighted by atomic mass is 9.75. The molecule has 4 atom stereocenters. The predicted octanol–water partition coefficient (Wildman–Crippen LogP) is 5.18. The van der Waals surface area contributed by atoms with E-state index in [0.717, 1.165) is 49.7 Å². The number of ketones is 1. The van der Waals surface area contributed by atoms with Gasteiger partial charge in [0, 0.05) is 40.0 Å². The summed E-state index contributed by atoms with van der Waals surface area (Å²) in [5.41, 5.74) is 8.03. The van der Waals surface area contributed by atoms with E-state index in [1.165, 1.54) is 14.2 Å². The van der Waals surface area contributed by atoms with Crippen LogP contribution in [0.25, 0.3) is 0 Å². The Morgan fingerprint density at radius 1 is 1.22 bits per heavy atom. The molecule has 1 aliphatic heterocycles. The number of nitrogens with two attached hydrogens (primary N) is 1. The third-order valence-electron chi connectivity index (χ3n) is 10.6. The van der Waals surface area contributed by atoms with E-state index in [4.69, 9.17) is 24.7 Å². The second kappa shape index (κ2) is 16.6. The summed E-state index contributed by atoms with van der Waals surface area (Å²) in [7, 11) is 6.57. The molecule has 270 valence electrons. The number of anilines is 1. The van der Waals surface area contributed by atoms with Crippen LogP contribution >= 0.6 is 0 Å². The molecule has 0 spiro atoms. The van der Waals surface area contributed by atoms with Crippen LogP contribution in [-0.4, -0.2) is 68.7 Å². The highest BCUT2D eigenvalue weighted by Gasteiger charge is 2.48. The Labute approximate surface area is 295 Å². The van der Waals surface area contributed by atoms with E-state index in [-0.39, 0.29) is 34.7 Å². The molecule has 5 rings (SSSR count). The third kappa shape index (κ3) is 8.73. The highest BCUT2D eigenvalue weighted by atomic mass is 16.6. The van der Waals surface area contributed by atoms with Gasteiger partial charge in [0.15, 0.2) is 35.3 Å². The van der Waals surface area contributed by atoms with Gasteiger partial charge in [0.25, 0.3) is 0 Å². The number of aliphatic hydroxyl groups is 1. The quantitative estimate of drug-likeness (QED) is 0.0589. The summed E-state index contributed by atoms with van der Waals surface area (Å²) in [6.07, 6.45) is 14.0. The summed E-state index contributed by atoms with van der Waals surface area (Å²) in [5.74, 6) is 5.35. The summed E-state index contributed by atoms with van der Waals surface area (Å²) >= 11 is 0. The van der Waals surface area contributed by atoms with Crippen molar-refractivity contribution in [2.75, 3.05) is 40.2 Å². The molecule has 4 unspecified atom stereocenters. The molecular weight excluding hydrogens is 636 g/mol. The second-order valence-electron chi connectivity index (χ2n) is 13.9. The van der Waals surface area contributed by atoms with E-state index in [1.807, 2.05) is 13.1 Å². The van der Waals surface area contributed by atoms with Gasteiger partial charge in [-0.2, -0.15) is 0 Å². The molecule has 11 nitrogen and oxygen atoms in total. The molecule has 2 aromatic carbocycles. The number of nitrogens with one attached hydrogen (secondary N) is 2. The molecule has 11 heteroatoms. The van der Waals surface area contributed by atoms with Crippen molar-refractivity contribution in [2.24, 2.45) is 22.6 Å². The summed E-state index contributed by atoms with van der Waals surface area (Å²) in [6.45, 7) is 0.606. The number of aliphatic imine (C=N–C) groups is 1. The number of guanidine groups is 1. The van der Waals surface area contributed by atoms with E-state index in [0.29, 0.717) is 61.6 Å². The van der Waals surface area contributed by atoms with E-state index in [1.54, 1.807) is 31.3 Å². The summed E-state index contributed by atoms with van der Waals surface area (Å²) in [4.78, 5) is 17.1. The van der Waals surface area contributed by atoms with Crippen LogP contribution in [0.3, 0.4) is 0 Å². The van der Waals surface area contributed by atoms with Crippen LogP contribution in [0.15, 0.2) is 47.5 Å². The van der Waals surface area contributed by atoms with Crippen molar-refractivity contribution >= 4 is 17.4 Å². The predicted molar refractivity (Wildman–Crippen MR) is 194 cm³/mol. The summed E-state index contributed by atoms with van der Waals surface area (Å²) in [6, 6.07) is 9.31. The molecule has 0 radical (unpaired) electrons. The maximum Gasteiger partial charge on any atom is 0.205 e. The number of aliphatic hydroxyl groups excluding tert-OH is 1. The first kappa shape index (κ1) is 37.0. The zero-order valence-electron chi connectivity index (χ0n) is 29.7. The third-order valence-corrected chi connectivity index (χ3v) is 10.6. The van der Waals surface area contributed by atoms with Crippen molar-refractivity contribution in [1.29, 1.82) is 0 Å². The molecule has 2 saturated carbocycles. The first-order valence-corrected chi connectivity index (χ1v) is 17.6. The zero-order valence-corrected chi connectivity index (χ0v) is 29.7. The Bertz CT molecular complexity index is 1620. The molecule has 2 bridgehead atoms. The molecule has 2 aliphatic carbocycles. The molecule has 2 aromatic rings. The van der Waals surface area contributed by atoms with Gasteiger partial charge in [0.1, 0.15) is 11.7 Å². The number of phenolic OH excluding ortho intramolecular Hbond substituents is 1. The zero-order chi connectivity index (χ0) is 35.7. The van der Waals surface area contributed by atoms with Gasteiger partial charge in [-0.25, -0.2) is 0 Å². The lowest BCUT2D eigenvalue weighted by Crippen LogP contribution is -2.43. The molecule has 0 saturated heterocycles. The van der Waals surface area contributed by atoms with E-state index in [2.05, 4.69) is 39.8 Å². The lowest BCUT2D eigenvalue weighted by molar-refractivity contribution is -0.114. The van der Waals surface area contributed by atoms with Crippen LogP contribution in [0.2, 0.25) is 0 Å². The minimum Gasteiger partial charge on any atom is -0.504 e. The van der Waals surface area contributed by atoms with Crippen molar-refractivity contribution in [3.63, 3.8) is 0 Å². The fraction of sp³-hybridized carbons (Fsp3) is 0.538. The molecule has 50 heavy (non-hydrogen) atoms. The molecule has 0 aromatic heterocycles. The normalized spacial score (nSPS) is 23.3. The average molecular weight is 689 g/mol. The van der Waals surface area contributed by atoms with Gasteiger partial charge >= 0.3 is 0 Å². The number of hydrogen-bond donors (Lipinski definition) is 5. The van der Waals surface area contributed by atoms with Crippen LogP contribution in [0.1, 0.15) is 75.3 Å². The fourth-order valence-electron chi connectivity index (χ4n) is 8.00. The van der Waals surface area contributed by atoms with Gasteiger partial charge in [-0.3, -0.25) is 9.79 Å². The van der Waals surface area contributed by atoms with Crippen molar-refractivity contribution in [3.05, 3.63) is 53.6 Å². The van der Waals surface area contributed by atoms with Gasteiger partial charge in [-0.15, -0.1) is 0 Å². The SMILES string of the molecule is CN=C(N)Nc1cc(C2(CC=CC(=O)CCc3ccc(O)c(OC)c3)CCCC2)cc2c1OC#CCC1CC(CNC)(CC1CC(O)OC)O2. The van der Waals surface area contributed by atoms with E-state index in [9.17, 15) is 15.0 Å². The van der Waals surface area contributed by atoms with Gasteiger partial charge in [0.2, 0.25) is 5.75 Å². The van der Waals surface area contributed by atoms with Crippen LogP contribution in [-0.2, 0) is 21.4 Å². The smallest absolute Gasteiger partial charge is 0.205 e. The standard InChI is InChI=1S/C39H52N4O7/c1-41-25-39-23-27(28(24-39)20-35(46)48-4)9-8-18-49-36-31(43-37(40)42-2)21-29(22-34(36)50-39)38(15-5-6-16-38)17-7-10-30(44)13-11-26-12-14-32(45)33(19-26)47-3/h7,10,12,14,19,21-22,27-28,35,41,45-46H,5-6,9,11,13,15-17,20,23-25H2,1-4H3,(H3,40,42,43). The highest BCUT2D eigenvalue weighted by molar-refractivity contribution is 5.94. The fourth-order valence-corrected chi connectivity index (χ4v) is 8.00. The number of carbonyl (C=O) groups is 1. The van der Waals surface area contributed by atoms with Gasteiger partial charge < -0.3 is 45.5 Å². The molecular formula is C39H52N4O7. The number of allylic oxidation sites excluding steroid dienone is 2. The maximum atomic E-state index is 13.0. The minimum absolute atomic E-state index is 0.0400. The number of methoxy groups -OCH3 is 2. The molecule has 1 heterocycles. The van der Waals surface area contributed by atoms with Gasteiger partial charge in [0.05, 0.1) is 12.8 Å². The molecule has 3 aliphatic rings. The number of ether oxygens (including phenoxy) is 4. The number of aryl methyl sites for hydroxylation is 1. The molecule has 2 fully saturated rings. The number of nitrogens with zero attached hydrogens (tertiary/aromatic N) is 1. The van der Waals surface area contributed by atoms with Crippen molar-refractivity contribution < 1.29 is 34.0 Å². The Morgan fingerprint density at radius 2 is 2.02 bits per heavy atom. The van der Waals surface area contributed by atoms with Crippen LogP contribution in [0, 0.1) is 23.9 Å². The van der Waals surface area contributed by atoms with Gasteiger partial charge in [-0.1, -0.05) is 30.9 Å². The second-order valence-corrected chi connectivity index (χ2v) is 13.9. The Kier molecular flexibility index (Phi) is 12.3. The van der Waals surface area contributed by atoms with Crippen molar-refractivity contribution in [2.45, 2.75) is 87.9 Å². The summed E-state index contributed by atoms with van der Waals surface area (Å²) in [5, 5.41) is 26.9. The largest absolute Gasteiger partial charge is 0.504 e. The highest BCUT2D eigenvalue weighted by Crippen LogP contribution is 2.52. The number of benzene rings is 2. The number of hydrogen-bond acceptors (Lipinski definition) is 9.